The Balaban J connectivity index is 2.32. The molecule has 0 heterocycles. The Morgan fingerprint density at radius 3 is 1.90 bits per heavy atom. The van der Waals surface area contributed by atoms with E-state index in [1.165, 1.54) is 43.8 Å². The number of rotatable bonds is 4. The van der Waals surface area contributed by atoms with Crippen LogP contribution < -0.4 is 0 Å². The summed E-state index contributed by atoms with van der Waals surface area (Å²) in [6.07, 6.45) is 2.12. The maximum Gasteiger partial charge on any atom is 0.159 e. The number of thioether (sulfide) groups is 1. The highest BCUT2D eigenvalue weighted by molar-refractivity contribution is 7.98. The third-order valence-electron chi connectivity index (χ3n) is 3.82. The van der Waals surface area contributed by atoms with Crippen LogP contribution in [-0.2, 0) is 16.5 Å². The first kappa shape index (κ1) is 16.5. The van der Waals surface area contributed by atoms with Gasteiger partial charge in [-0.2, -0.15) is 0 Å². The molecule has 0 aliphatic rings. The number of aryl methyl sites for hydroxylation is 3. The number of hydrogen-bond donors (Lipinski definition) is 0. The molecule has 0 aliphatic carbocycles. The lowest BCUT2D eigenvalue weighted by atomic mass is 10.0. The molecular formula is C19H25S2+. The van der Waals surface area contributed by atoms with Crippen molar-refractivity contribution in [2.45, 2.75) is 49.2 Å². The summed E-state index contributed by atoms with van der Waals surface area (Å²) in [5, 5.41) is 0. The fourth-order valence-electron chi connectivity index (χ4n) is 2.69. The summed E-state index contributed by atoms with van der Waals surface area (Å²) in [6.45, 7) is 11.3. The Bertz CT molecular complexity index is 602. The minimum atomic E-state index is 0.127. The van der Waals surface area contributed by atoms with Crippen molar-refractivity contribution in [1.82, 2.24) is 0 Å². The quantitative estimate of drug-likeness (QED) is 0.411. The van der Waals surface area contributed by atoms with Crippen molar-refractivity contribution in [3.05, 3.63) is 58.7 Å². The molecule has 2 heteroatoms. The lowest BCUT2D eigenvalue weighted by Crippen LogP contribution is -2.20. The van der Waals surface area contributed by atoms with Crippen molar-refractivity contribution in [1.29, 1.82) is 0 Å². The molecule has 0 aliphatic heterocycles. The SMILES string of the molecule is CSc1ccc(C(C)(C)[SH+]c2c(C)cc(C)cc2C)cc1. The molecule has 0 atom stereocenters. The molecule has 112 valence electrons. The van der Waals surface area contributed by atoms with Gasteiger partial charge in [-0.1, -0.05) is 29.8 Å². The molecule has 21 heavy (non-hydrogen) atoms. The van der Waals surface area contributed by atoms with Crippen molar-refractivity contribution < 1.29 is 0 Å². The number of thiol groups is 1. The van der Waals surface area contributed by atoms with E-state index in [0.29, 0.717) is 0 Å². The molecule has 0 amide bonds. The van der Waals surface area contributed by atoms with Gasteiger partial charge in [-0.15, -0.1) is 11.8 Å². The first-order valence-corrected chi connectivity index (χ1v) is 9.40. The summed E-state index contributed by atoms with van der Waals surface area (Å²) in [4.78, 5) is 2.80. The second-order valence-electron chi connectivity index (χ2n) is 6.15. The fourth-order valence-corrected chi connectivity index (χ4v) is 4.42. The van der Waals surface area contributed by atoms with Crippen LogP contribution in [0.4, 0.5) is 0 Å². The van der Waals surface area contributed by atoms with E-state index in [1.54, 1.807) is 11.8 Å². The lowest BCUT2D eigenvalue weighted by molar-refractivity contribution is 0.776. The average Bonchev–Trinajstić information content (AvgIpc) is 2.43. The zero-order chi connectivity index (χ0) is 15.6. The Morgan fingerprint density at radius 1 is 0.905 bits per heavy atom. The summed E-state index contributed by atoms with van der Waals surface area (Å²) < 4.78 is 0.127. The van der Waals surface area contributed by atoms with Crippen LogP contribution in [0.3, 0.4) is 0 Å². The smallest absolute Gasteiger partial charge is 0.130 e. The molecule has 0 unspecified atom stereocenters. The fraction of sp³-hybridized carbons (Fsp3) is 0.368. The van der Waals surface area contributed by atoms with Crippen LogP contribution in [0, 0.1) is 20.8 Å². The van der Waals surface area contributed by atoms with E-state index >= 15 is 0 Å². The molecule has 2 aromatic carbocycles. The van der Waals surface area contributed by atoms with Crippen LogP contribution in [0.25, 0.3) is 0 Å². The van der Waals surface area contributed by atoms with Crippen LogP contribution in [0.2, 0.25) is 0 Å². The Labute approximate surface area is 137 Å². The van der Waals surface area contributed by atoms with Crippen molar-refractivity contribution >= 4 is 23.5 Å². The standard InChI is InChI=1S/C19H24S2/c1-13-11-14(2)18(15(3)12-13)21-19(4,5)16-7-9-17(20-6)10-8-16/h7-12H,1-6H3/p+1. The summed E-state index contributed by atoms with van der Waals surface area (Å²) in [7, 11) is 0. The molecule has 0 saturated heterocycles. The maximum absolute atomic E-state index is 2.33. The second kappa shape index (κ2) is 6.50. The molecule has 0 radical (unpaired) electrons. The van der Waals surface area contributed by atoms with Gasteiger partial charge in [0.25, 0.3) is 0 Å². The summed E-state index contributed by atoms with van der Waals surface area (Å²) in [5.74, 6) is 0. The van der Waals surface area contributed by atoms with Crippen molar-refractivity contribution in [3.63, 3.8) is 0 Å². The molecule has 2 rings (SSSR count). The van der Waals surface area contributed by atoms with Gasteiger partial charge in [0.15, 0.2) is 9.64 Å². The summed E-state index contributed by atoms with van der Waals surface area (Å²) in [5.41, 5.74) is 5.57. The van der Waals surface area contributed by atoms with Gasteiger partial charge in [0.1, 0.15) is 0 Å². The minimum Gasteiger partial charge on any atom is -0.130 e. The van der Waals surface area contributed by atoms with E-state index in [1.807, 2.05) is 0 Å². The first-order chi connectivity index (χ1) is 9.83. The number of benzene rings is 2. The summed E-state index contributed by atoms with van der Waals surface area (Å²) >= 11 is 3.18. The molecule has 0 spiro atoms. The molecule has 0 aromatic heterocycles. The Morgan fingerprint density at radius 2 is 1.43 bits per heavy atom. The monoisotopic (exact) mass is 317 g/mol. The lowest BCUT2D eigenvalue weighted by Gasteiger charge is -2.19. The van der Waals surface area contributed by atoms with E-state index in [0.717, 1.165) is 0 Å². The van der Waals surface area contributed by atoms with Gasteiger partial charge in [-0.3, -0.25) is 0 Å². The van der Waals surface area contributed by atoms with E-state index < -0.39 is 0 Å². The minimum absolute atomic E-state index is 0.127. The van der Waals surface area contributed by atoms with Gasteiger partial charge in [-0.05, 0) is 53.0 Å². The molecule has 0 fully saturated rings. The highest BCUT2D eigenvalue weighted by Crippen LogP contribution is 2.32. The maximum atomic E-state index is 2.33. The zero-order valence-corrected chi connectivity index (χ0v) is 15.5. The molecular weight excluding hydrogens is 292 g/mol. The predicted octanol–water partition coefficient (Wildman–Crippen LogP) is 5.44. The van der Waals surface area contributed by atoms with Crippen molar-refractivity contribution in [2.24, 2.45) is 0 Å². The third-order valence-corrected chi connectivity index (χ3v) is 6.31. The van der Waals surface area contributed by atoms with Crippen molar-refractivity contribution in [3.8, 4) is 0 Å². The first-order valence-electron chi connectivity index (χ1n) is 7.29. The van der Waals surface area contributed by atoms with Crippen LogP contribution in [0.5, 0.6) is 0 Å². The topological polar surface area (TPSA) is 0 Å². The molecule has 0 saturated carbocycles. The van der Waals surface area contributed by atoms with Gasteiger partial charge in [0, 0.05) is 33.3 Å². The van der Waals surface area contributed by atoms with E-state index in [-0.39, 0.29) is 4.75 Å². The van der Waals surface area contributed by atoms with Gasteiger partial charge in [0.05, 0.1) is 0 Å². The van der Waals surface area contributed by atoms with E-state index in [2.05, 4.69) is 77.3 Å². The summed E-state index contributed by atoms with van der Waals surface area (Å²) in [6, 6.07) is 13.6. The average molecular weight is 318 g/mol. The third kappa shape index (κ3) is 3.87. The Kier molecular flexibility index (Phi) is 5.11. The van der Waals surface area contributed by atoms with Gasteiger partial charge >= 0.3 is 0 Å². The largest absolute Gasteiger partial charge is 0.159 e. The zero-order valence-electron chi connectivity index (χ0n) is 13.8. The van der Waals surface area contributed by atoms with Gasteiger partial charge in [-0.25, -0.2) is 0 Å². The van der Waals surface area contributed by atoms with Crippen LogP contribution in [0.1, 0.15) is 36.1 Å². The van der Waals surface area contributed by atoms with Crippen LogP contribution in [0.15, 0.2) is 46.2 Å². The van der Waals surface area contributed by atoms with E-state index in [4.69, 9.17) is 0 Å². The number of hydrogen-bond acceptors (Lipinski definition) is 1. The van der Waals surface area contributed by atoms with Crippen molar-refractivity contribution in [2.75, 3.05) is 6.26 Å². The molecule has 0 N–H and O–H groups in total. The van der Waals surface area contributed by atoms with Crippen LogP contribution in [-0.4, -0.2) is 6.26 Å². The van der Waals surface area contributed by atoms with Gasteiger partial charge < -0.3 is 0 Å². The molecule has 2 aromatic rings. The second-order valence-corrected chi connectivity index (χ2v) is 8.82. The molecule has 0 nitrogen and oxygen atoms in total. The normalized spacial score (nSPS) is 11.7. The Hall–Kier alpha value is -0.860. The van der Waals surface area contributed by atoms with Gasteiger partial charge in [0.2, 0.25) is 0 Å². The highest BCUT2D eigenvalue weighted by atomic mass is 32.2. The van der Waals surface area contributed by atoms with Crippen LogP contribution >= 0.6 is 11.8 Å². The predicted molar refractivity (Wildman–Crippen MR) is 98.9 cm³/mol. The van der Waals surface area contributed by atoms with E-state index in [9.17, 15) is 0 Å². The highest BCUT2D eigenvalue weighted by Gasteiger charge is 2.32. The molecule has 0 bridgehead atoms.